The zero-order valence-corrected chi connectivity index (χ0v) is 16.2. The molecular formula is C20H23N4O3S+. The average Bonchev–Trinajstić information content (AvgIpc) is 3.23. The van der Waals surface area contributed by atoms with Gasteiger partial charge in [-0.2, -0.15) is 0 Å². The standard InChI is InChI=1S/C20H22N4O3S/c25-19(12-21-20-17-8-4-5-9-18(17)28(26,27)23-20)22-16-10-11-24(14-16)13-15-6-2-1-3-7-15/h1-9,16H,10-14H2,(H,21,23)(H,22,25)/p+1/t16-/m0/s1. The Kier molecular flexibility index (Phi) is 5.15. The second-order valence-corrected chi connectivity index (χ2v) is 8.84. The highest BCUT2D eigenvalue weighted by molar-refractivity contribution is 7.90. The molecular weight excluding hydrogens is 376 g/mol. The first-order chi connectivity index (χ1) is 13.5. The van der Waals surface area contributed by atoms with Crippen molar-refractivity contribution in [2.45, 2.75) is 23.9 Å². The zero-order valence-electron chi connectivity index (χ0n) is 15.4. The van der Waals surface area contributed by atoms with Crippen LogP contribution in [0.5, 0.6) is 0 Å². The highest BCUT2D eigenvalue weighted by Crippen LogP contribution is 2.21. The van der Waals surface area contributed by atoms with Gasteiger partial charge in [-0.15, -0.1) is 0 Å². The quantitative estimate of drug-likeness (QED) is 0.645. The molecule has 3 N–H and O–H groups in total. The highest BCUT2D eigenvalue weighted by Gasteiger charge is 2.31. The summed E-state index contributed by atoms with van der Waals surface area (Å²) in [4.78, 5) is 18.1. The van der Waals surface area contributed by atoms with E-state index in [1.165, 1.54) is 16.5 Å². The van der Waals surface area contributed by atoms with E-state index in [0.29, 0.717) is 5.56 Å². The van der Waals surface area contributed by atoms with Crippen molar-refractivity contribution in [2.75, 3.05) is 19.6 Å². The Hall–Kier alpha value is -2.71. The second kappa shape index (κ2) is 7.73. The lowest BCUT2D eigenvalue weighted by molar-refractivity contribution is -0.901. The lowest BCUT2D eigenvalue weighted by atomic mass is 10.2. The van der Waals surface area contributed by atoms with Crippen molar-refractivity contribution in [3.05, 3.63) is 65.7 Å². The third-order valence-corrected chi connectivity index (χ3v) is 6.48. The fraction of sp³-hybridized carbons (Fsp3) is 0.300. The van der Waals surface area contributed by atoms with Gasteiger partial charge in [-0.25, -0.2) is 8.42 Å². The van der Waals surface area contributed by atoms with E-state index in [9.17, 15) is 13.2 Å². The van der Waals surface area contributed by atoms with Crippen LogP contribution < -0.4 is 14.9 Å². The number of likely N-dealkylation sites (tertiary alicyclic amines) is 1. The van der Waals surface area contributed by atoms with Crippen LogP contribution in [0.3, 0.4) is 0 Å². The first-order valence-electron chi connectivity index (χ1n) is 9.35. The van der Waals surface area contributed by atoms with Crippen LogP contribution in [0.4, 0.5) is 0 Å². The Balaban J connectivity index is 1.32. The summed E-state index contributed by atoms with van der Waals surface area (Å²) < 4.78 is 26.6. The number of amides is 1. The number of fused-ring (bicyclic) bond motifs is 1. The summed E-state index contributed by atoms with van der Waals surface area (Å²) in [5.74, 6) is 0.0375. The fourth-order valence-electron chi connectivity index (χ4n) is 3.77. The summed E-state index contributed by atoms with van der Waals surface area (Å²) >= 11 is 0. The lowest BCUT2D eigenvalue weighted by Crippen LogP contribution is -3.09. The molecule has 28 heavy (non-hydrogen) atoms. The van der Waals surface area contributed by atoms with Crippen LogP contribution in [-0.2, 0) is 21.4 Å². The monoisotopic (exact) mass is 399 g/mol. The molecule has 1 fully saturated rings. The van der Waals surface area contributed by atoms with Crippen molar-refractivity contribution in [1.82, 2.24) is 10.0 Å². The summed E-state index contributed by atoms with van der Waals surface area (Å²) in [7, 11) is -3.58. The molecule has 0 aliphatic carbocycles. The molecule has 1 amide bonds. The molecule has 2 atom stereocenters. The largest absolute Gasteiger partial charge is 0.346 e. The SMILES string of the molecule is O=C(CN=C1NS(=O)(=O)c2ccccc21)N[C@H]1CC[NH+](Cc2ccccc2)C1. The normalized spacial score (nSPS) is 23.9. The number of amidine groups is 1. The van der Waals surface area contributed by atoms with Gasteiger partial charge < -0.3 is 10.2 Å². The summed E-state index contributed by atoms with van der Waals surface area (Å²) in [6.45, 7) is 2.75. The lowest BCUT2D eigenvalue weighted by Gasteiger charge is -2.14. The van der Waals surface area contributed by atoms with Crippen LogP contribution in [0.15, 0.2) is 64.5 Å². The third-order valence-electron chi connectivity index (χ3n) is 5.09. The summed E-state index contributed by atoms with van der Waals surface area (Å²) in [6.07, 6.45) is 0.930. The number of sulfonamides is 1. The minimum absolute atomic E-state index is 0.100. The van der Waals surface area contributed by atoms with Crippen LogP contribution in [0.1, 0.15) is 17.5 Å². The van der Waals surface area contributed by atoms with Crippen molar-refractivity contribution >= 4 is 21.8 Å². The molecule has 2 aromatic rings. The van der Waals surface area contributed by atoms with Crippen molar-refractivity contribution in [3.8, 4) is 0 Å². The Morgan fingerprint density at radius 1 is 1.14 bits per heavy atom. The van der Waals surface area contributed by atoms with Gasteiger partial charge in [0.25, 0.3) is 10.0 Å². The van der Waals surface area contributed by atoms with Crippen LogP contribution >= 0.6 is 0 Å². The molecule has 2 aliphatic heterocycles. The van der Waals surface area contributed by atoms with E-state index in [1.54, 1.807) is 18.2 Å². The van der Waals surface area contributed by atoms with Crippen LogP contribution in [0, 0.1) is 0 Å². The summed E-state index contributed by atoms with van der Waals surface area (Å²) in [5.41, 5.74) is 1.80. The van der Waals surface area contributed by atoms with E-state index in [2.05, 4.69) is 27.2 Å². The van der Waals surface area contributed by atoms with Gasteiger partial charge in [0, 0.05) is 17.5 Å². The van der Waals surface area contributed by atoms with Gasteiger partial charge in [0.2, 0.25) is 5.91 Å². The predicted molar refractivity (Wildman–Crippen MR) is 106 cm³/mol. The van der Waals surface area contributed by atoms with Gasteiger partial charge in [-0.1, -0.05) is 42.5 Å². The van der Waals surface area contributed by atoms with Crippen LogP contribution in [-0.4, -0.2) is 45.8 Å². The van der Waals surface area contributed by atoms with Gasteiger partial charge in [-0.05, 0) is 12.1 Å². The molecule has 0 bridgehead atoms. The maximum atomic E-state index is 12.3. The topological polar surface area (TPSA) is 92.1 Å². The maximum absolute atomic E-state index is 12.3. The zero-order chi connectivity index (χ0) is 19.6. The van der Waals surface area contributed by atoms with E-state index in [1.807, 2.05) is 18.2 Å². The third kappa shape index (κ3) is 4.07. The first kappa shape index (κ1) is 18.6. The molecule has 0 spiro atoms. The van der Waals surface area contributed by atoms with Gasteiger partial charge in [-0.3, -0.25) is 14.5 Å². The Labute approximate surface area is 164 Å². The number of carbonyl (C=O) groups excluding carboxylic acids is 1. The van der Waals surface area contributed by atoms with Crippen LogP contribution in [0.2, 0.25) is 0 Å². The van der Waals surface area contributed by atoms with Crippen molar-refractivity contribution in [2.24, 2.45) is 4.99 Å². The minimum atomic E-state index is -3.58. The van der Waals surface area contributed by atoms with Gasteiger partial charge in [0.15, 0.2) is 0 Å². The smallest absolute Gasteiger partial charge is 0.263 e. The molecule has 4 rings (SSSR count). The fourth-order valence-corrected chi connectivity index (χ4v) is 5.03. The van der Waals surface area contributed by atoms with E-state index < -0.39 is 10.0 Å². The molecule has 1 saturated heterocycles. The molecule has 2 aromatic carbocycles. The molecule has 1 unspecified atom stereocenters. The predicted octanol–water partition coefficient (Wildman–Crippen LogP) is -0.301. The van der Waals surface area contributed by atoms with Crippen LogP contribution in [0.25, 0.3) is 0 Å². The molecule has 2 aliphatic rings. The van der Waals surface area contributed by atoms with Crippen molar-refractivity contribution < 1.29 is 18.1 Å². The molecule has 7 nitrogen and oxygen atoms in total. The molecule has 146 valence electrons. The van der Waals surface area contributed by atoms with E-state index in [4.69, 9.17) is 0 Å². The number of carbonyl (C=O) groups is 1. The first-order valence-corrected chi connectivity index (χ1v) is 10.8. The molecule has 0 radical (unpaired) electrons. The number of benzene rings is 2. The van der Waals surface area contributed by atoms with Gasteiger partial charge in [0.05, 0.1) is 24.0 Å². The molecule has 2 heterocycles. The van der Waals surface area contributed by atoms with Gasteiger partial charge in [0.1, 0.15) is 18.9 Å². The average molecular weight is 399 g/mol. The number of nitrogens with zero attached hydrogens (tertiary/aromatic N) is 1. The number of hydrogen-bond acceptors (Lipinski definition) is 4. The Morgan fingerprint density at radius 2 is 1.89 bits per heavy atom. The van der Waals surface area contributed by atoms with Crippen molar-refractivity contribution in [3.63, 3.8) is 0 Å². The van der Waals surface area contributed by atoms with E-state index >= 15 is 0 Å². The van der Waals surface area contributed by atoms with Gasteiger partial charge >= 0.3 is 0 Å². The number of rotatable bonds is 5. The number of aliphatic imine (C=N–C) groups is 1. The summed E-state index contributed by atoms with van der Waals surface area (Å²) in [6, 6.07) is 17.1. The minimum Gasteiger partial charge on any atom is -0.346 e. The number of nitrogens with one attached hydrogen (secondary N) is 3. The van der Waals surface area contributed by atoms with E-state index in [-0.39, 0.29) is 29.2 Å². The molecule has 0 saturated carbocycles. The van der Waals surface area contributed by atoms with Crippen molar-refractivity contribution in [1.29, 1.82) is 0 Å². The maximum Gasteiger partial charge on any atom is 0.263 e. The molecule has 8 heteroatoms. The Morgan fingerprint density at radius 3 is 2.71 bits per heavy atom. The summed E-state index contributed by atoms with van der Waals surface area (Å²) in [5, 5.41) is 3.02. The highest BCUT2D eigenvalue weighted by atomic mass is 32.2. The number of quaternary nitrogens is 1. The Bertz CT molecular complexity index is 1010. The second-order valence-electron chi connectivity index (χ2n) is 7.19. The molecule has 0 aromatic heterocycles. The van der Waals surface area contributed by atoms with E-state index in [0.717, 1.165) is 26.1 Å². The number of hydrogen-bond donors (Lipinski definition) is 3.